The van der Waals surface area contributed by atoms with Crippen molar-refractivity contribution in [2.75, 3.05) is 0 Å². The molecule has 0 saturated heterocycles. The predicted octanol–water partition coefficient (Wildman–Crippen LogP) is 8.21. The van der Waals surface area contributed by atoms with Crippen molar-refractivity contribution in [2.45, 2.75) is 20.4 Å². The molecule has 4 heteroatoms. The van der Waals surface area contributed by atoms with Crippen LogP contribution in [0.1, 0.15) is 38.4 Å². The molecular weight excluding hydrogens is 480 g/mol. The number of aryl methyl sites for hydroxylation is 2. The van der Waals surface area contributed by atoms with E-state index in [1.165, 1.54) is 16.3 Å². The largest absolute Gasteiger partial charge is 0.422 e. The number of carbonyl (C=O) groups is 1. The average Bonchev–Trinajstić information content (AvgIpc) is 3.29. The van der Waals surface area contributed by atoms with Gasteiger partial charge in [-0.05, 0) is 60.5 Å². The van der Waals surface area contributed by atoms with Gasteiger partial charge in [-0.1, -0.05) is 96.1 Å². The first kappa shape index (κ1) is 24.4. The summed E-state index contributed by atoms with van der Waals surface area (Å²) in [6.45, 7) is 4.61. The number of benzene rings is 5. The second-order valence-corrected chi connectivity index (χ2v) is 9.82. The highest BCUT2D eigenvalue weighted by molar-refractivity contribution is 5.95. The number of hydrogen-bond donors (Lipinski definition) is 0. The monoisotopic (exact) mass is 508 g/mol. The summed E-state index contributed by atoms with van der Waals surface area (Å²) in [6, 6.07) is 38.3. The molecular formula is C35H28N2O2. The Labute approximate surface area is 227 Å². The molecule has 0 aliphatic rings. The third-order valence-corrected chi connectivity index (χ3v) is 6.91. The van der Waals surface area contributed by atoms with Gasteiger partial charge in [-0.15, -0.1) is 0 Å². The van der Waals surface area contributed by atoms with E-state index in [1.54, 1.807) is 6.07 Å². The standard InChI is InChI=1S/C35H28N2O2/c1-24-10-7-14-27(20-24)33(39-35(38)28-15-8-11-25(2)21-28)22-34-36-31-18-5-6-19-32(31)37(34)23-29-16-9-13-26-12-3-4-17-30(26)29/h3-22H,23H2,1-2H3/b33-22-. The highest BCUT2D eigenvalue weighted by atomic mass is 16.5. The number of ether oxygens (including phenoxy) is 1. The first-order valence-electron chi connectivity index (χ1n) is 13.0. The molecule has 0 fully saturated rings. The van der Waals surface area contributed by atoms with Crippen LogP contribution in [-0.4, -0.2) is 15.5 Å². The molecule has 0 N–H and O–H groups in total. The first-order valence-corrected chi connectivity index (χ1v) is 13.0. The van der Waals surface area contributed by atoms with Crippen molar-refractivity contribution < 1.29 is 9.53 Å². The van der Waals surface area contributed by atoms with Crippen molar-refractivity contribution in [2.24, 2.45) is 0 Å². The van der Waals surface area contributed by atoms with E-state index in [1.807, 2.05) is 80.6 Å². The van der Waals surface area contributed by atoms with Crippen molar-refractivity contribution in [3.05, 3.63) is 149 Å². The number of para-hydroxylation sites is 2. The summed E-state index contributed by atoms with van der Waals surface area (Å²) in [5.41, 5.74) is 6.51. The van der Waals surface area contributed by atoms with Crippen molar-refractivity contribution in [3.63, 3.8) is 0 Å². The third-order valence-electron chi connectivity index (χ3n) is 6.91. The van der Waals surface area contributed by atoms with Crippen LogP contribution in [-0.2, 0) is 11.3 Å². The van der Waals surface area contributed by atoms with Gasteiger partial charge in [-0.3, -0.25) is 0 Å². The molecule has 0 saturated carbocycles. The lowest BCUT2D eigenvalue weighted by Gasteiger charge is -2.13. The van der Waals surface area contributed by atoms with Gasteiger partial charge in [-0.25, -0.2) is 9.78 Å². The lowest BCUT2D eigenvalue weighted by atomic mass is 10.0. The molecule has 0 amide bonds. The maximum atomic E-state index is 13.3. The molecule has 1 aromatic heterocycles. The van der Waals surface area contributed by atoms with Crippen LogP contribution in [0.4, 0.5) is 0 Å². The third kappa shape index (κ3) is 5.10. The quantitative estimate of drug-likeness (QED) is 0.168. The van der Waals surface area contributed by atoms with E-state index in [9.17, 15) is 4.79 Å². The Bertz CT molecular complexity index is 1860. The Hall–Kier alpha value is -4.96. The Kier molecular flexibility index (Phi) is 6.52. The van der Waals surface area contributed by atoms with Crippen molar-refractivity contribution in [1.29, 1.82) is 0 Å². The summed E-state index contributed by atoms with van der Waals surface area (Å²) >= 11 is 0. The fourth-order valence-electron chi connectivity index (χ4n) is 4.99. The molecule has 0 atom stereocenters. The Morgan fingerprint density at radius 3 is 2.26 bits per heavy atom. The van der Waals surface area contributed by atoms with Gasteiger partial charge in [0.15, 0.2) is 0 Å². The second-order valence-electron chi connectivity index (χ2n) is 9.82. The van der Waals surface area contributed by atoms with E-state index in [-0.39, 0.29) is 0 Å². The van der Waals surface area contributed by atoms with Gasteiger partial charge in [0.05, 0.1) is 23.1 Å². The van der Waals surface area contributed by atoms with Gasteiger partial charge in [0.2, 0.25) is 0 Å². The van der Waals surface area contributed by atoms with Crippen LogP contribution in [0.15, 0.2) is 115 Å². The predicted molar refractivity (Wildman–Crippen MR) is 158 cm³/mol. The van der Waals surface area contributed by atoms with Crippen LogP contribution < -0.4 is 0 Å². The summed E-state index contributed by atoms with van der Waals surface area (Å²) < 4.78 is 8.26. The molecule has 6 aromatic rings. The SMILES string of the molecule is Cc1cccc(C(=O)O/C(=C\c2nc3ccccc3n2Cc2cccc3ccccc23)c2cccc(C)c2)c1. The Morgan fingerprint density at radius 1 is 0.769 bits per heavy atom. The number of aromatic nitrogens is 2. The number of fused-ring (bicyclic) bond motifs is 2. The number of imidazole rings is 1. The molecule has 5 aromatic carbocycles. The number of rotatable bonds is 6. The minimum Gasteiger partial charge on any atom is -0.422 e. The molecule has 0 unspecified atom stereocenters. The minimum atomic E-state index is -0.400. The van der Waals surface area contributed by atoms with Crippen LogP contribution in [0.2, 0.25) is 0 Å². The highest BCUT2D eigenvalue weighted by Gasteiger charge is 2.17. The fourth-order valence-corrected chi connectivity index (χ4v) is 4.99. The molecule has 0 aliphatic carbocycles. The zero-order chi connectivity index (χ0) is 26.8. The second kappa shape index (κ2) is 10.4. The van der Waals surface area contributed by atoms with Crippen LogP contribution in [0, 0.1) is 13.8 Å². The molecule has 6 rings (SSSR count). The van der Waals surface area contributed by atoms with E-state index >= 15 is 0 Å². The molecule has 0 spiro atoms. The maximum absolute atomic E-state index is 13.3. The summed E-state index contributed by atoms with van der Waals surface area (Å²) in [7, 11) is 0. The van der Waals surface area contributed by atoms with Crippen LogP contribution >= 0.6 is 0 Å². The topological polar surface area (TPSA) is 44.1 Å². The maximum Gasteiger partial charge on any atom is 0.343 e. The van der Waals surface area contributed by atoms with Crippen LogP contribution in [0.5, 0.6) is 0 Å². The highest BCUT2D eigenvalue weighted by Crippen LogP contribution is 2.27. The van der Waals surface area contributed by atoms with Gasteiger partial charge < -0.3 is 9.30 Å². The number of nitrogens with zero attached hydrogens (tertiary/aromatic N) is 2. The van der Waals surface area contributed by atoms with Gasteiger partial charge in [0, 0.05) is 11.6 Å². The fraction of sp³-hybridized carbons (Fsp3) is 0.0857. The molecule has 1 heterocycles. The summed E-state index contributed by atoms with van der Waals surface area (Å²) in [5, 5.41) is 2.40. The van der Waals surface area contributed by atoms with E-state index in [0.717, 1.165) is 33.5 Å². The van der Waals surface area contributed by atoms with E-state index in [4.69, 9.17) is 9.72 Å². The zero-order valence-corrected chi connectivity index (χ0v) is 22.0. The minimum absolute atomic E-state index is 0.400. The van der Waals surface area contributed by atoms with Gasteiger partial charge in [0.1, 0.15) is 11.6 Å². The summed E-state index contributed by atoms with van der Waals surface area (Å²) in [6.07, 6.45) is 1.88. The Morgan fingerprint density at radius 2 is 1.44 bits per heavy atom. The zero-order valence-electron chi connectivity index (χ0n) is 22.0. The average molecular weight is 509 g/mol. The summed E-state index contributed by atoms with van der Waals surface area (Å²) in [4.78, 5) is 18.2. The van der Waals surface area contributed by atoms with E-state index in [2.05, 4.69) is 53.1 Å². The lowest BCUT2D eigenvalue weighted by Crippen LogP contribution is -2.07. The van der Waals surface area contributed by atoms with Crippen molar-refractivity contribution in [3.8, 4) is 0 Å². The number of esters is 1. The number of hydrogen-bond acceptors (Lipinski definition) is 3. The molecule has 0 radical (unpaired) electrons. The summed E-state index contributed by atoms with van der Waals surface area (Å²) in [5.74, 6) is 0.778. The lowest BCUT2D eigenvalue weighted by molar-refractivity contribution is 0.0693. The molecule has 39 heavy (non-hydrogen) atoms. The van der Waals surface area contributed by atoms with Gasteiger partial charge in [-0.2, -0.15) is 0 Å². The van der Waals surface area contributed by atoms with E-state index < -0.39 is 5.97 Å². The molecule has 0 aliphatic heterocycles. The van der Waals surface area contributed by atoms with Crippen molar-refractivity contribution in [1.82, 2.24) is 9.55 Å². The first-order chi connectivity index (χ1) is 19.0. The van der Waals surface area contributed by atoms with Crippen LogP contribution in [0.3, 0.4) is 0 Å². The van der Waals surface area contributed by atoms with E-state index in [0.29, 0.717) is 17.9 Å². The number of carbonyl (C=O) groups excluding carboxylic acids is 1. The normalized spacial score (nSPS) is 11.7. The van der Waals surface area contributed by atoms with Crippen LogP contribution in [0.25, 0.3) is 33.6 Å². The van der Waals surface area contributed by atoms with Gasteiger partial charge in [0.25, 0.3) is 0 Å². The molecule has 4 nitrogen and oxygen atoms in total. The smallest absolute Gasteiger partial charge is 0.343 e. The molecule has 190 valence electrons. The molecule has 0 bridgehead atoms. The Balaban J connectivity index is 1.49. The van der Waals surface area contributed by atoms with Crippen molar-refractivity contribution >= 4 is 39.6 Å². The van der Waals surface area contributed by atoms with Gasteiger partial charge >= 0.3 is 5.97 Å².